The van der Waals surface area contributed by atoms with Gasteiger partial charge in [0, 0.05) is 5.56 Å². The molecule has 29 heavy (non-hydrogen) atoms. The monoisotopic (exact) mass is 408 g/mol. The summed E-state index contributed by atoms with van der Waals surface area (Å²) in [5.41, 5.74) is 2.05. The Hall–Kier alpha value is -1.91. The van der Waals surface area contributed by atoms with Gasteiger partial charge in [-0.2, -0.15) is 0 Å². The summed E-state index contributed by atoms with van der Waals surface area (Å²) in [4.78, 5) is 11.1. The summed E-state index contributed by atoms with van der Waals surface area (Å²) < 4.78 is 10.7. The topological polar surface area (TPSA) is 76.0 Å². The highest BCUT2D eigenvalue weighted by Crippen LogP contribution is 2.43. The SMILES string of the molecule is CCCCCCCc1cc(OC(=O)O)c(O)c(OCCC)c1CCCCCCC. The van der Waals surface area contributed by atoms with Crippen LogP contribution >= 0.6 is 0 Å². The molecule has 0 saturated carbocycles. The highest BCUT2D eigenvalue weighted by Gasteiger charge is 2.21. The minimum Gasteiger partial charge on any atom is -0.502 e. The molecule has 5 heteroatoms. The molecule has 0 unspecified atom stereocenters. The van der Waals surface area contributed by atoms with Crippen molar-refractivity contribution in [2.24, 2.45) is 0 Å². The maximum absolute atomic E-state index is 11.1. The number of ether oxygens (including phenoxy) is 2. The van der Waals surface area contributed by atoms with E-state index in [4.69, 9.17) is 14.6 Å². The van der Waals surface area contributed by atoms with Crippen LogP contribution in [0, 0.1) is 0 Å². The van der Waals surface area contributed by atoms with E-state index in [1.165, 1.54) is 38.5 Å². The third kappa shape index (κ3) is 9.42. The minimum absolute atomic E-state index is 0.0260. The lowest BCUT2D eigenvalue weighted by Gasteiger charge is -2.19. The van der Waals surface area contributed by atoms with Crippen LogP contribution in [0.25, 0.3) is 0 Å². The van der Waals surface area contributed by atoms with Gasteiger partial charge in [-0.1, -0.05) is 72.1 Å². The molecule has 0 saturated heterocycles. The Labute approximate surface area is 176 Å². The average molecular weight is 409 g/mol. The van der Waals surface area contributed by atoms with Crippen molar-refractivity contribution >= 4 is 6.16 Å². The van der Waals surface area contributed by atoms with Crippen molar-refractivity contribution in [1.29, 1.82) is 0 Å². The Kier molecular flexibility index (Phi) is 13.0. The van der Waals surface area contributed by atoms with Gasteiger partial charge in [0.1, 0.15) is 0 Å². The fraction of sp³-hybridized carbons (Fsp3) is 0.708. The average Bonchev–Trinajstić information content (AvgIpc) is 2.69. The molecular formula is C24H40O5. The zero-order valence-electron chi connectivity index (χ0n) is 18.6. The number of aryl methyl sites for hydroxylation is 1. The Morgan fingerprint density at radius 3 is 2.00 bits per heavy atom. The first-order chi connectivity index (χ1) is 14.0. The zero-order valence-corrected chi connectivity index (χ0v) is 18.6. The summed E-state index contributed by atoms with van der Waals surface area (Å²) in [7, 11) is 0. The normalized spacial score (nSPS) is 10.9. The first-order valence-electron chi connectivity index (χ1n) is 11.5. The predicted octanol–water partition coefficient (Wildman–Crippen LogP) is 7.26. The van der Waals surface area contributed by atoms with Gasteiger partial charge in [-0.25, -0.2) is 4.79 Å². The van der Waals surface area contributed by atoms with Crippen molar-refractivity contribution in [2.75, 3.05) is 6.61 Å². The molecule has 0 aliphatic rings. The van der Waals surface area contributed by atoms with Crippen LogP contribution in [0.15, 0.2) is 6.07 Å². The molecule has 2 N–H and O–H groups in total. The maximum Gasteiger partial charge on any atom is 0.511 e. The summed E-state index contributed by atoms with van der Waals surface area (Å²) in [6.45, 7) is 6.88. The second kappa shape index (κ2) is 15.0. The molecule has 1 rings (SSSR count). The molecule has 1 aromatic rings. The number of phenols is 1. The van der Waals surface area contributed by atoms with Crippen LogP contribution in [-0.2, 0) is 12.8 Å². The first-order valence-corrected chi connectivity index (χ1v) is 11.5. The van der Waals surface area contributed by atoms with E-state index in [-0.39, 0.29) is 11.5 Å². The molecule has 0 spiro atoms. The van der Waals surface area contributed by atoms with Gasteiger partial charge >= 0.3 is 6.16 Å². The van der Waals surface area contributed by atoms with Gasteiger partial charge in [-0.15, -0.1) is 0 Å². The van der Waals surface area contributed by atoms with Gasteiger partial charge in [-0.05, 0) is 43.7 Å². The van der Waals surface area contributed by atoms with E-state index in [9.17, 15) is 9.90 Å². The molecular weight excluding hydrogens is 368 g/mol. The van der Waals surface area contributed by atoms with Crippen LogP contribution in [0.1, 0.15) is 103 Å². The summed E-state index contributed by atoms with van der Waals surface area (Å²) in [5.74, 6) is 0.186. The minimum atomic E-state index is -1.43. The maximum atomic E-state index is 11.1. The van der Waals surface area contributed by atoms with Crippen LogP contribution in [0.3, 0.4) is 0 Å². The lowest BCUT2D eigenvalue weighted by molar-refractivity contribution is 0.142. The molecule has 0 radical (unpaired) electrons. The highest BCUT2D eigenvalue weighted by atomic mass is 16.7. The van der Waals surface area contributed by atoms with Gasteiger partial charge in [0.15, 0.2) is 11.5 Å². The number of benzene rings is 1. The third-order valence-corrected chi connectivity index (χ3v) is 5.14. The van der Waals surface area contributed by atoms with Crippen molar-refractivity contribution in [2.45, 2.75) is 104 Å². The largest absolute Gasteiger partial charge is 0.511 e. The van der Waals surface area contributed by atoms with Gasteiger partial charge in [0.25, 0.3) is 0 Å². The van der Waals surface area contributed by atoms with E-state index in [1.807, 2.05) is 6.92 Å². The van der Waals surface area contributed by atoms with Crippen LogP contribution in [-0.4, -0.2) is 23.0 Å². The second-order valence-electron chi connectivity index (χ2n) is 7.73. The Bertz CT molecular complexity index is 597. The smallest absolute Gasteiger partial charge is 0.502 e. The summed E-state index contributed by atoms with van der Waals surface area (Å²) >= 11 is 0. The van der Waals surface area contributed by atoms with E-state index in [0.29, 0.717) is 12.4 Å². The number of hydrogen-bond donors (Lipinski definition) is 2. The van der Waals surface area contributed by atoms with Crippen LogP contribution in [0.2, 0.25) is 0 Å². The van der Waals surface area contributed by atoms with Crippen LogP contribution < -0.4 is 9.47 Å². The van der Waals surface area contributed by atoms with E-state index in [2.05, 4.69) is 13.8 Å². The molecule has 0 atom stereocenters. The van der Waals surface area contributed by atoms with Crippen LogP contribution in [0.4, 0.5) is 4.79 Å². The molecule has 166 valence electrons. The molecule has 0 bridgehead atoms. The van der Waals surface area contributed by atoms with E-state index >= 15 is 0 Å². The number of phenolic OH excluding ortho intramolecular Hbond substituents is 1. The summed E-state index contributed by atoms with van der Waals surface area (Å²) in [5, 5.41) is 19.7. The molecule has 0 fully saturated rings. The Balaban J connectivity index is 3.09. The van der Waals surface area contributed by atoms with Crippen molar-refractivity contribution < 1.29 is 24.5 Å². The fourth-order valence-corrected chi connectivity index (χ4v) is 3.57. The van der Waals surface area contributed by atoms with Gasteiger partial charge < -0.3 is 19.7 Å². The van der Waals surface area contributed by atoms with E-state index in [0.717, 1.165) is 56.1 Å². The molecule has 0 aliphatic heterocycles. The molecule has 0 aromatic heterocycles. The standard InChI is InChI=1S/C24H40O5/c1-4-7-9-11-13-15-19-18-21(29-24(26)27)22(25)23(28-17-6-3)20(19)16-14-12-10-8-5-2/h18,25H,4-17H2,1-3H3,(H,26,27). The number of unbranched alkanes of at least 4 members (excludes halogenated alkanes) is 8. The molecule has 0 aliphatic carbocycles. The Morgan fingerprint density at radius 2 is 1.45 bits per heavy atom. The first kappa shape index (κ1) is 25.1. The lowest BCUT2D eigenvalue weighted by Crippen LogP contribution is -2.08. The van der Waals surface area contributed by atoms with Crippen molar-refractivity contribution in [3.05, 3.63) is 17.2 Å². The number of carboxylic acid groups (broad SMARTS) is 1. The third-order valence-electron chi connectivity index (χ3n) is 5.14. The highest BCUT2D eigenvalue weighted by molar-refractivity contribution is 5.66. The quantitative estimate of drug-likeness (QED) is 0.171. The van der Waals surface area contributed by atoms with Gasteiger partial charge in [0.2, 0.25) is 5.75 Å². The molecule has 0 amide bonds. The lowest BCUT2D eigenvalue weighted by atomic mass is 9.94. The number of hydrogen-bond acceptors (Lipinski definition) is 4. The number of aromatic hydroxyl groups is 1. The van der Waals surface area contributed by atoms with Gasteiger partial charge in [0.05, 0.1) is 6.61 Å². The van der Waals surface area contributed by atoms with E-state index < -0.39 is 6.16 Å². The number of carbonyl (C=O) groups is 1. The van der Waals surface area contributed by atoms with Crippen molar-refractivity contribution in [1.82, 2.24) is 0 Å². The number of rotatable bonds is 16. The fourth-order valence-electron chi connectivity index (χ4n) is 3.57. The summed E-state index contributed by atoms with van der Waals surface area (Å²) in [6, 6.07) is 1.70. The second-order valence-corrected chi connectivity index (χ2v) is 7.73. The molecule has 0 heterocycles. The van der Waals surface area contributed by atoms with Crippen LogP contribution in [0.5, 0.6) is 17.2 Å². The Morgan fingerprint density at radius 1 is 0.862 bits per heavy atom. The van der Waals surface area contributed by atoms with Gasteiger partial charge in [-0.3, -0.25) is 0 Å². The zero-order chi connectivity index (χ0) is 21.5. The molecule has 5 nitrogen and oxygen atoms in total. The van der Waals surface area contributed by atoms with Crippen molar-refractivity contribution in [3.8, 4) is 17.2 Å². The van der Waals surface area contributed by atoms with Crippen molar-refractivity contribution in [3.63, 3.8) is 0 Å². The van der Waals surface area contributed by atoms with E-state index in [1.54, 1.807) is 6.07 Å². The molecule has 1 aromatic carbocycles. The summed E-state index contributed by atoms with van der Waals surface area (Å²) in [6.07, 6.45) is 12.7. The predicted molar refractivity (Wildman–Crippen MR) is 117 cm³/mol.